The highest BCUT2D eigenvalue weighted by molar-refractivity contribution is 5.89. The van der Waals surface area contributed by atoms with Crippen molar-refractivity contribution in [3.63, 3.8) is 0 Å². The third-order valence-corrected chi connectivity index (χ3v) is 16.1. The van der Waals surface area contributed by atoms with Gasteiger partial charge in [0, 0.05) is 90.6 Å². The third kappa shape index (κ3) is 8.59. The van der Waals surface area contributed by atoms with Crippen molar-refractivity contribution in [2.24, 2.45) is 0 Å². The van der Waals surface area contributed by atoms with Crippen LogP contribution in [0.4, 0.5) is 0 Å². The lowest BCUT2D eigenvalue weighted by atomic mass is 10.0. The Labute approximate surface area is 502 Å². The normalized spacial score (nSPS) is 11.7. The fourth-order valence-electron chi connectivity index (χ4n) is 12.1. The Bertz CT molecular complexity index is 5360. The van der Waals surface area contributed by atoms with Gasteiger partial charge in [-0.3, -0.25) is 42.5 Å². The Morgan fingerprint density at radius 2 is 0.636 bits per heavy atom. The lowest BCUT2D eigenvalue weighted by Crippen LogP contribution is -1.97. The first kappa shape index (κ1) is 50.2. The van der Waals surface area contributed by atoms with Crippen molar-refractivity contribution in [2.75, 3.05) is 0 Å². The lowest BCUT2D eigenvalue weighted by molar-refractivity contribution is 0.961. The minimum Gasteiger partial charge on any atom is -0.303 e. The lowest BCUT2D eigenvalue weighted by Gasteiger charge is -2.10. The maximum Gasteiger partial charge on any atom is 0.145 e. The summed E-state index contributed by atoms with van der Waals surface area (Å²) in [6, 6.07) is 71.9. The average Bonchev–Trinajstić information content (AvgIpc) is 2.14. The van der Waals surface area contributed by atoms with Gasteiger partial charge in [0.15, 0.2) is 0 Å². The summed E-state index contributed by atoms with van der Waals surface area (Å²) in [7, 11) is 0. The molecule has 0 aliphatic carbocycles. The number of benzene rings is 2. The Morgan fingerprint density at radius 1 is 0.239 bits per heavy atom. The molecule has 0 radical (unpaired) electrons. The van der Waals surface area contributed by atoms with E-state index < -0.39 is 0 Å². The van der Waals surface area contributed by atoms with Gasteiger partial charge in [-0.15, -0.1) is 0 Å². The van der Waals surface area contributed by atoms with E-state index in [0.29, 0.717) is 12.2 Å². The molecule has 414 valence electrons. The Balaban J connectivity index is 0.779. The maximum atomic E-state index is 5.54. The van der Waals surface area contributed by atoms with Gasteiger partial charge in [0.25, 0.3) is 0 Å². The second-order valence-corrected chi connectivity index (χ2v) is 21.5. The number of hydrogen-bond acceptors (Lipinski definition) is 10. The molecule has 0 aliphatic rings. The van der Waals surface area contributed by atoms with E-state index in [2.05, 4.69) is 143 Å². The van der Waals surface area contributed by atoms with E-state index >= 15 is 0 Å². The third-order valence-electron chi connectivity index (χ3n) is 16.1. The van der Waals surface area contributed by atoms with Crippen LogP contribution in [0.2, 0.25) is 0 Å². The standard InChI is InChI=1S/C73H47N15/c1-9-30-74-54(20-1)65-60-25-6-14-36-85(60)70(80-65)50-19-17-18-47(40-50)41-64-79-69(59-24-5-13-35-84(59)64)58-45-48(28-34-78-58)49-29-39-88-63(46-49)68(57-23-4-12-33-77-57)83-73(88)53-43-51(71-81-66(55-21-2-10-31-75-55)61-26-7-15-37-86(61)71)42-52(44-53)72-82-67(56-22-3-11-32-76-56)62-27-8-16-38-87(62)72/h1-40,42-46H,41H2. The van der Waals surface area contributed by atoms with Crippen LogP contribution in [0, 0.1) is 0 Å². The van der Waals surface area contributed by atoms with E-state index in [9.17, 15) is 0 Å². The van der Waals surface area contributed by atoms with Crippen molar-refractivity contribution in [3.05, 3.63) is 286 Å². The van der Waals surface area contributed by atoms with Gasteiger partial charge in [0.2, 0.25) is 0 Å². The number of rotatable bonds is 12. The van der Waals surface area contributed by atoms with Crippen molar-refractivity contribution in [1.82, 2.24) is 71.8 Å². The first-order valence-corrected chi connectivity index (χ1v) is 28.9. The molecule has 0 unspecified atom stereocenters. The van der Waals surface area contributed by atoms with Gasteiger partial charge in [-0.2, -0.15) is 0 Å². The SMILES string of the molecule is c1ccc(-c2nc(-c3cccc(Cc4nc(-c5cc(-c6ccn7c(-c8cc(-c9nc(-c%10ccccn%10)c%10ccccn9%10)cc(-c9nc(-c%10ccccn%10)c%10ccccn9%10)c8)nc(-c8ccccn8)c7c6)ccn5)c5ccccn45)c3)n3ccccc23)nc1. The van der Waals surface area contributed by atoms with E-state index in [1.54, 1.807) is 18.6 Å². The second kappa shape index (κ2) is 20.8. The molecule has 0 bridgehead atoms. The highest BCUT2D eigenvalue weighted by Gasteiger charge is 2.24. The summed E-state index contributed by atoms with van der Waals surface area (Å²) in [5, 5.41) is 0. The van der Waals surface area contributed by atoms with Crippen molar-refractivity contribution in [2.45, 2.75) is 6.42 Å². The molecule has 15 heteroatoms. The highest BCUT2D eigenvalue weighted by Crippen LogP contribution is 2.40. The van der Waals surface area contributed by atoms with Gasteiger partial charge < -0.3 is 4.40 Å². The summed E-state index contributed by atoms with van der Waals surface area (Å²) < 4.78 is 10.7. The molecule has 0 atom stereocenters. The summed E-state index contributed by atoms with van der Waals surface area (Å²) >= 11 is 0. The first-order valence-electron chi connectivity index (χ1n) is 28.9. The molecule has 0 saturated carbocycles. The first-order chi connectivity index (χ1) is 43.6. The maximum absolute atomic E-state index is 5.54. The summed E-state index contributed by atoms with van der Waals surface area (Å²) in [6.07, 6.45) is 20.0. The van der Waals surface area contributed by atoms with Gasteiger partial charge >= 0.3 is 0 Å². The summed E-state index contributed by atoms with van der Waals surface area (Å²) in [5.41, 5.74) is 19.1. The van der Waals surface area contributed by atoms with Crippen LogP contribution >= 0.6 is 0 Å². The molecule has 17 aromatic rings. The molecule has 0 amide bonds. The molecule has 15 aromatic heterocycles. The van der Waals surface area contributed by atoms with E-state index in [1.807, 2.05) is 140 Å². The Kier molecular flexibility index (Phi) is 11.8. The molecule has 0 saturated heterocycles. The predicted molar refractivity (Wildman–Crippen MR) is 343 cm³/mol. The minimum atomic E-state index is 0.575. The largest absolute Gasteiger partial charge is 0.303 e. The topological polar surface area (TPSA) is 151 Å². The average molecular weight is 1130 g/mol. The Hall–Kier alpha value is -12.4. The van der Waals surface area contributed by atoms with E-state index in [-0.39, 0.29) is 0 Å². The molecule has 0 N–H and O–H groups in total. The van der Waals surface area contributed by atoms with Gasteiger partial charge in [-0.05, 0) is 162 Å². The molecular weight excluding hydrogens is 1090 g/mol. The highest BCUT2D eigenvalue weighted by atomic mass is 15.1. The number of aromatic nitrogens is 15. The zero-order valence-corrected chi connectivity index (χ0v) is 46.9. The zero-order valence-electron chi connectivity index (χ0n) is 46.9. The van der Waals surface area contributed by atoms with Crippen LogP contribution < -0.4 is 0 Å². The number of imidazole rings is 5. The van der Waals surface area contributed by atoms with E-state index in [1.165, 1.54) is 0 Å². The molecule has 88 heavy (non-hydrogen) atoms. The van der Waals surface area contributed by atoms with Crippen LogP contribution in [0.25, 0.3) is 141 Å². The molecule has 2 aromatic carbocycles. The smallest absolute Gasteiger partial charge is 0.145 e. The molecule has 0 aliphatic heterocycles. The zero-order chi connectivity index (χ0) is 58.1. The second-order valence-electron chi connectivity index (χ2n) is 21.5. The number of nitrogens with zero attached hydrogens (tertiary/aromatic N) is 15. The molecule has 0 spiro atoms. The summed E-state index contributed by atoms with van der Waals surface area (Å²) in [4.78, 5) is 50.9. The van der Waals surface area contributed by atoms with Crippen molar-refractivity contribution < 1.29 is 0 Å². The molecular formula is C73H47N15. The number of fused-ring (bicyclic) bond motifs is 5. The Morgan fingerprint density at radius 3 is 1.11 bits per heavy atom. The van der Waals surface area contributed by atoms with Crippen LogP contribution in [0.1, 0.15) is 11.4 Å². The van der Waals surface area contributed by atoms with Crippen LogP contribution in [0.15, 0.2) is 274 Å². The fraction of sp³-hybridized carbons (Fsp3) is 0.0137. The predicted octanol–water partition coefficient (Wildman–Crippen LogP) is 15.2. The quantitative estimate of drug-likeness (QED) is 0.116. The minimum absolute atomic E-state index is 0.575. The number of pyridine rings is 10. The van der Waals surface area contributed by atoms with Gasteiger partial charge in [-0.1, -0.05) is 66.7 Å². The van der Waals surface area contributed by atoms with Crippen molar-refractivity contribution in [3.8, 4) is 114 Å². The van der Waals surface area contributed by atoms with Crippen LogP contribution in [-0.2, 0) is 6.42 Å². The van der Waals surface area contributed by atoms with Crippen LogP contribution in [-0.4, -0.2) is 71.8 Å². The number of hydrogen-bond donors (Lipinski definition) is 0. The van der Waals surface area contributed by atoms with Gasteiger partial charge in [-0.25, -0.2) is 24.9 Å². The molecule has 15 heterocycles. The van der Waals surface area contributed by atoms with Crippen molar-refractivity contribution in [1.29, 1.82) is 0 Å². The molecule has 15 nitrogen and oxygen atoms in total. The van der Waals surface area contributed by atoms with Crippen LogP contribution in [0.3, 0.4) is 0 Å². The van der Waals surface area contributed by atoms with E-state index in [0.717, 1.165) is 147 Å². The molecule has 0 fully saturated rings. The summed E-state index contributed by atoms with van der Waals surface area (Å²) in [6.45, 7) is 0. The monoisotopic (exact) mass is 1130 g/mol. The van der Waals surface area contributed by atoms with Crippen LogP contribution in [0.5, 0.6) is 0 Å². The molecule has 17 rings (SSSR count). The van der Waals surface area contributed by atoms with Gasteiger partial charge in [0.05, 0.1) is 56.1 Å². The fourth-order valence-corrected chi connectivity index (χ4v) is 12.1. The summed E-state index contributed by atoms with van der Waals surface area (Å²) in [5.74, 6) is 3.94. The van der Waals surface area contributed by atoms with E-state index in [4.69, 9.17) is 44.9 Å². The van der Waals surface area contributed by atoms with Gasteiger partial charge in [0.1, 0.15) is 57.6 Å². The van der Waals surface area contributed by atoms with Crippen molar-refractivity contribution >= 4 is 27.6 Å².